The van der Waals surface area contributed by atoms with Gasteiger partial charge in [-0.15, -0.1) is 11.6 Å². The second-order valence-electron chi connectivity index (χ2n) is 3.61. The first-order valence-corrected chi connectivity index (χ1v) is 6.22. The fourth-order valence-electron chi connectivity index (χ4n) is 1.71. The lowest BCUT2D eigenvalue weighted by Gasteiger charge is -2.11. The minimum Gasteiger partial charge on any atom is -0.462 e. The van der Waals surface area contributed by atoms with Crippen LogP contribution in [0.3, 0.4) is 0 Å². The van der Waals surface area contributed by atoms with Gasteiger partial charge < -0.3 is 9.84 Å². The molecule has 0 radical (unpaired) electrons. The Morgan fingerprint density at radius 2 is 2.24 bits per heavy atom. The lowest BCUT2D eigenvalue weighted by molar-refractivity contribution is 0.0522. The Bertz CT molecular complexity index is 377. The summed E-state index contributed by atoms with van der Waals surface area (Å²) >= 11 is 5.64. The molecule has 0 bridgehead atoms. The van der Waals surface area contributed by atoms with Gasteiger partial charge in [-0.2, -0.15) is 0 Å². The van der Waals surface area contributed by atoms with E-state index in [2.05, 4.69) is 0 Å². The second kappa shape index (κ2) is 7.30. The molecule has 0 aliphatic heterocycles. The highest BCUT2D eigenvalue weighted by molar-refractivity contribution is 6.17. The Morgan fingerprint density at radius 3 is 2.82 bits per heavy atom. The van der Waals surface area contributed by atoms with E-state index in [0.29, 0.717) is 23.6 Å². The van der Waals surface area contributed by atoms with Crippen molar-refractivity contribution in [2.75, 3.05) is 12.5 Å². The maximum atomic E-state index is 11.7. The molecule has 1 aromatic carbocycles. The summed E-state index contributed by atoms with van der Waals surface area (Å²) in [6.07, 6.45) is 1.58. The van der Waals surface area contributed by atoms with Crippen molar-refractivity contribution >= 4 is 17.6 Å². The number of hydrogen-bond acceptors (Lipinski definition) is 3. The number of aliphatic hydroxyl groups excluding tert-OH is 1. The molecule has 0 aliphatic rings. The van der Waals surface area contributed by atoms with E-state index in [4.69, 9.17) is 16.3 Å². The summed E-state index contributed by atoms with van der Waals surface area (Å²) < 4.78 is 4.95. The third kappa shape index (κ3) is 3.72. The zero-order valence-corrected chi connectivity index (χ0v) is 10.7. The van der Waals surface area contributed by atoms with Gasteiger partial charge in [-0.05, 0) is 37.0 Å². The Balaban J connectivity index is 3.00. The molecule has 4 heteroatoms. The van der Waals surface area contributed by atoms with E-state index in [9.17, 15) is 9.90 Å². The molecule has 0 saturated carbocycles. The van der Waals surface area contributed by atoms with E-state index < -0.39 is 0 Å². The van der Waals surface area contributed by atoms with Crippen LogP contribution in [0.1, 0.15) is 34.8 Å². The normalized spacial score (nSPS) is 10.3. The number of aryl methyl sites for hydroxylation is 1. The molecule has 1 rings (SSSR count). The zero-order chi connectivity index (χ0) is 12.7. The largest absolute Gasteiger partial charge is 0.462 e. The number of ether oxygens (including phenoxy) is 1. The predicted octanol–water partition coefficient (Wildman–Crippen LogP) is 2.53. The molecule has 0 heterocycles. The van der Waals surface area contributed by atoms with E-state index in [-0.39, 0.29) is 12.6 Å². The third-order valence-corrected chi connectivity index (χ3v) is 2.77. The summed E-state index contributed by atoms with van der Waals surface area (Å²) in [5.41, 5.74) is 2.05. The number of aliphatic hydroxyl groups is 1. The molecule has 0 unspecified atom stereocenters. The average molecular weight is 257 g/mol. The van der Waals surface area contributed by atoms with Gasteiger partial charge in [0.2, 0.25) is 0 Å². The smallest absolute Gasteiger partial charge is 0.338 e. The van der Waals surface area contributed by atoms with Crippen LogP contribution in [0.25, 0.3) is 0 Å². The standard InChI is InChI=1S/C13H17ClO3/c1-2-17-13(16)11-7-3-5-10(6-4-8-14)12(11)9-15/h3,5,7,15H,2,4,6,8-9H2,1H3. The number of benzene rings is 1. The lowest BCUT2D eigenvalue weighted by Crippen LogP contribution is -2.10. The summed E-state index contributed by atoms with van der Waals surface area (Å²) in [5, 5.41) is 9.37. The first-order chi connectivity index (χ1) is 8.24. The fourth-order valence-corrected chi connectivity index (χ4v) is 1.85. The van der Waals surface area contributed by atoms with Crippen molar-refractivity contribution in [3.05, 3.63) is 34.9 Å². The second-order valence-corrected chi connectivity index (χ2v) is 3.99. The molecule has 0 aliphatic carbocycles. The first kappa shape index (κ1) is 14.0. The Hall–Kier alpha value is -1.06. The Labute approximate surface area is 106 Å². The van der Waals surface area contributed by atoms with Crippen LogP contribution >= 0.6 is 11.6 Å². The molecule has 0 amide bonds. The van der Waals surface area contributed by atoms with Gasteiger partial charge >= 0.3 is 5.97 Å². The van der Waals surface area contributed by atoms with Crippen molar-refractivity contribution in [2.24, 2.45) is 0 Å². The lowest BCUT2D eigenvalue weighted by atomic mass is 9.98. The van der Waals surface area contributed by atoms with Crippen LogP contribution in [-0.2, 0) is 17.8 Å². The van der Waals surface area contributed by atoms with Gasteiger partial charge in [0.05, 0.1) is 18.8 Å². The minimum atomic E-state index is -0.385. The van der Waals surface area contributed by atoms with Crippen molar-refractivity contribution in [2.45, 2.75) is 26.4 Å². The SMILES string of the molecule is CCOC(=O)c1cccc(CCCCl)c1CO. The zero-order valence-electron chi connectivity index (χ0n) is 9.91. The summed E-state index contributed by atoms with van der Waals surface area (Å²) in [6, 6.07) is 5.38. The fraction of sp³-hybridized carbons (Fsp3) is 0.462. The van der Waals surface area contributed by atoms with Gasteiger partial charge in [0, 0.05) is 5.88 Å². The molecule has 1 N–H and O–H groups in total. The van der Waals surface area contributed by atoms with Crippen LogP contribution in [0.4, 0.5) is 0 Å². The molecule has 0 atom stereocenters. The van der Waals surface area contributed by atoms with Gasteiger partial charge in [-0.1, -0.05) is 12.1 Å². The number of alkyl halides is 1. The highest BCUT2D eigenvalue weighted by Crippen LogP contribution is 2.18. The Kier molecular flexibility index (Phi) is 6.01. The maximum absolute atomic E-state index is 11.7. The number of carbonyl (C=O) groups excluding carboxylic acids is 1. The van der Waals surface area contributed by atoms with Gasteiger partial charge in [-0.25, -0.2) is 4.79 Å². The van der Waals surface area contributed by atoms with E-state index in [1.54, 1.807) is 19.1 Å². The molecule has 0 fully saturated rings. The van der Waals surface area contributed by atoms with Crippen molar-refractivity contribution in [3.63, 3.8) is 0 Å². The van der Waals surface area contributed by atoms with Crippen LogP contribution in [-0.4, -0.2) is 23.6 Å². The summed E-state index contributed by atoms with van der Waals surface area (Å²) in [7, 11) is 0. The first-order valence-electron chi connectivity index (χ1n) is 5.69. The molecular formula is C13H17ClO3. The molecule has 94 valence electrons. The molecule has 1 aromatic rings. The number of esters is 1. The van der Waals surface area contributed by atoms with Crippen molar-refractivity contribution < 1.29 is 14.6 Å². The molecular weight excluding hydrogens is 240 g/mol. The van der Waals surface area contributed by atoms with Crippen molar-refractivity contribution in [1.82, 2.24) is 0 Å². The maximum Gasteiger partial charge on any atom is 0.338 e. The van der Waals surface area contributed by atoms with Crippen molar-refractivity contribution in [3.8, 4) is 0 Å². The Morgan fingerprint density at radius 1 is 1.47 bits per heavy atom. The predicted molar refractivity (Wildman–Crippen MR) is 67.4 cm³/mol. The van der Waals surface area contributed by atoms with Crippen LogP contribution in [0.2, 0.25) is 0 Å². The highest BCUT2D eigenvalue weighted by Gasteiger charge is 2.14. The molecule has 0 aromatic heterocycles. The van der Waals surface area contributed by atoms with Gasteiger partial charge in [-0.3, -0.25) is 0 Å². The van der Waals surface area contributed by atoms with Crippen LogP contribution in [0, 0.1) is 0 Å². The summed E-state index contributed by atoms with van der Waals surface area (Å²) in [5.74, 6) is 0.179. The van der Waals surface area contributed by atoms with Gasteiger partial charge in [0.15, 0.2) is 0 Å². The number of hydrogen-bond donors (Lipinski definition) is 1. The summed E-state index contributed by atoms with van der Waals surface area (Å²) in [6.45, 7) is 1.93. The van der Waals surface area contributed by atoms with E-state index >= 15 is 0 Å². The quantitative estimate of drug-likeness (QED) is 0.628. The van der Waals surface area contributed by atoms with Gasteiger partial charge in [0.1, 0.15) is 0 Å². The molecule has 3 nitrogen and oxygen atoms in total. The molecule has 17 heavy (non-hydrogen) atoms. The highest BCUT2D eigenvalue weighted by atomic mass is 35.5. The van der Waals surface area contributed by atoms with Crippen molar-refractivity contribution in [1.29, 1.82) is 0 Å². The minimum absolute atomic E-state index is 0.160. The van der Waals surface area contributed by atoms with E-state index in [1.165, 1.54) is 0 Å². The molecule has 0 spiro atoms. The van der Waals surface area contributed by atoms with Crippen LogP contribution in [0.15, 0.2) is 18.2 Å². The van der Waals surface area contributed by atoms with E-state index in [0.717, 1.165) is 18.4 Å². The third-order valence-electron chi connectivity index (χ3n) is 2.51. The van der Waals surface area contributed by atoms with Gasteiger partial charge in [0.25, 0.3) is 0 Å². The summed E-state index contributed by atoms with van der Waals surface area (Å²) in [4.78, 5) is 11.7. The average Bonchev–Trinajstić information content (AvgIpc) is 2.36. The van der Waals surface area contributed by atoms with E-state index in [1.807, 2.05) is 6.07 Å². The monoisotopic (exact) mass is 256 g/mol. The number of rotatable bonds is 6. The van der Waals surface area contributed by atoms with Crippen LogP contribution in [0.5, 0.6) is 0 Å². The number of carbonyl (C=O) groups is 1. The number of halogens is 1. The van der Waals surface area contributed by atoms with Crippen LogP contribution < -0.4 is 0 Å². The molecule has 0 saturated heterocycles. The topological polar surface area (TPSA) is 46.5 Å².